The van der Waals surface area contributed by atoms with Gasteiger partial charge in [0.15, 0.2) is 0 Å². The minimum absolute atomic E-state index is 0.181. The van der Waals surface area contributed by atoms with E-state index < -0.39 is 0 Å². The molecule has 2 heterocycles. The topological polar surface area (TPSA) is 61.5 Å². The first-order chi connectivity index (χ1) is 7.69. The Morgan fingerprint density at radius 3 is 2.88 bits per heavy atom. The van der Waals surface area contributed by atoms with Gasteiger partial charge in [0.25, 0.3) is 0 Å². The highest BCUT2D eigenvalue weighted by atomic mass is 32.2. The quantitative estimate of drug-likeness (QED) is 0.729. The van der Waals surface area contributed by atoms with Crippen molar-refractivity contribution in [3.8, 4) is 0 Å². The van der Waals surface area contributed by atoms with Gasteiger partial charge in [0.1, 0.15) is 5.92 Å². The third kappa shape index (κ3) is 2.08. The van der Waals surface area contributed by atoms with Crippen LogP contribution in [-0.4, -0.2) is 42.3 Å². The van der Waals surface area contributed by atoms with Crippen molar-refractivity contribution in [3.05, 3.63) is 0 Å². The molecule has 2 aliphatic rings. The summed E-state index contributed by atoms with van der Waals surface area (Å²) in [6.45, 7) is 2.71. The number of esters is 1. The van der Waals surface area contributed by atoms with Gasteiger partial charge in [-0.15, -0.1) is 0 Å². The molecule has 5 heteroatoms. The maximum Gasteiger partial charge on any atom is 0.313 e. The molecule has 0 amide bonds. The molecule has 0 aromatic heterocycles. The number of hydrogen-bond donors (Lipinski definition) is 1. The number of thioether (sulfide) groups is 1. The lowest BCUT2D eigenvalue weighted by Gasteiger charge is -2.36. The van der Waals surface area contributed by atoms with E-state index in [0.717, 1.165) is 24.3 Å². The smallest absolute Gasteiger partial charge is 0.313 e. The van der Waals surface area contributed by atoms with E-state index in [1.807, 2.05) is 18.7 Å². The van der Waals surface area contributed by atoms with Crippen molar-refractivity contribution in [2.45, 2.75) is 31.4 Å². The van der Waals surface area contributed by atoms with Gasteiger partial charge in [-0.2, -0.15) is 11.8 Å². The van der Waals surface area contributed by atoms with Crippen LogP contribution < -0.4 is 5.73 Å². The first kappa shape index (κ1) is 12.2. The summed E-state index contributed by atoms with van der Waals surface area (Å²) in [6, 6.07) is -0.206. The molecule has 2 unspecified atom stereocenters. The summed E-state index contributed by atoms with van der Waals surface area (Å²) in [5.74, 6) is 1.64. The van der Waals surface area contributed by atoms with Crippen molar-refractivity contribution in [2.75, 3.05) is 24.7 Å². The van der Waals surface area contributed by atoms with Gasteiger partial charge in [-0.1, -0.05) is 0 Å². The molecule has 0 saturated carbocycles. The molecule has 2 saturated heterocycles. The molecular formula is C11H19NO3S. The molecule has 0 bridgehead atoms. The Morgan fingerprint density at radius 1 is 1.56 bits per heavy atom. The molecule has 1 spiro atoms. The Hall–Kier alpha value is -0.260. The van der Waals surface area contributed by atoms with Gasteiger partial charge in [0, 0.05) is 6.04 Å². The van der Waals surface area contributed by atoms with Gasteiger partial charge in [0.2, 0.25) is 0 Å². The summed E-state index contributed by atoms with van der Waals surface area (Å²) >= 11 is 1.91. The third-order valence-corrected chi connectivity index (χ3v) is 4.42. The number of ether oxygens (including phenoxy) is 2. The Bertz CT molecular complexity index is 260. The fraction of sp³-hybridized carbons (Fsp3) is 0.909. The standard InChI is InChI=1S/C11H19NO3S/c1-2-14-10(13)9-8(12)7-15-11(9)3-5-16-6-4-11/h8-9H,2-7,12H2,1H3. The Balaban J connectivity index is 2.14. The molecule has 2 N–H and O–H groups in total. The van der Waals surface area contributed by atoms with E-state index in [-0.39, 0.29) is 23.5 Å². The van der Waals surface area contributed by atoms with Crippen molar-refractivity contribution in [1.29, 1.82) is 0 Å². The lowest BCUT2D eigenvalue weighted by atomic mass is 9.80. The van der Waals surface area contributed by atoms with Gasteiger partial charge in [-0.05, 0) is 31.3 Å². The van der Waals surface area contributed by atoms with Crippen LogP contribution in [0.3, 0.4) is 0 Å². The normalized spacial score (nSPS) is 32.9. The van der Waals surface area contributed by atoms with E-state index in [1.54, 1.807) is 0 Å². The molecule has 2 aliphatic heterocycles. The summed E-state index contributed by atoms with van der Waals surface area (Å²) in [7, 11) is 0. The fourth-order valence-corrected chi connectivity index (χ4v) is 3.82. The molecule has 0 aromatic carbocycles. The van der Waals surface area contributed by atoms with E-state index in [1.165, 1.54) is 0 Å². The Labute approximate surface area is 100 Å². The second kappa shape index (κ2) is 4.94. The van der Waals surface area contributed by atoms with Crippen LogP contribution in [0.2, 0.25) is 0 Å². The molecule has 0 aromatic rings. The van der Waals surface area contributed by atoms with E-state index in [2.05, 4.69) is 0 Å². The van der Waals surface area contributed by atoms with Crippen LogP contribution in [0.5, 0.6) is 0 Å². The Kier molecular flexibility index (Phi) is 3.77. The van der Waals surface area contributed by atoms with Crippen LogP contribution in [0, 0.1) is 5.92 Å². The monoisotopic (exact) mass is 245 g/mol. The summed E-state index contributed by atoms with van der Waals surface area (Å²) < 4.78 is 11.0. The van der Waals surface area contributed by atoms with Gasteiger partial charge < -0.3 is 15.2 Å². The number of carbonyl (C=O) groups is 1. The summed E-state index contributed by atoms with van der Waals surface area (Å²) in [5, 5.41) is 0. The van der Waals surface area contributed by atoms with E-state index >= 15 is 0 Å². The number of hydrogen-bond acceptors (Lipinski definition) is 5. The first-order valence-corrected chi connectivity index (χ1v) is 6.99. The van der Waals surface area contributed by atoms with Crippen molar-refractivity contribution < 1.29 is 14.3 Å². The zero-order chi connectivity index (χ0) is 11.6. The maximum absolute atomic E-state index is 11.9. The van der Waals surface area contributed by atoms with Crippen LogP contribution in [-0.2, 0) is 14.3 Å². The van der Waals surface area contributed by atoms with E-state index in [9.17, 15) is 4.79 Å². The molecule has 2 rings (SSSR count). The fourth-order valence-electron chi connectivity index (χ4n) is 2.63. The van der Waals surface area contributed by atoms with Crippen molar-refractivity contribution in [2.24, 2.45) is 11.7 Å². The zero-order valence-corrected chi connectivity index (χ0v) is 10.4. The van der Waals surface area contributed by atoms with Gasteiger partial charge >= 0.3 is 5.97 Å². The number of nitrogens with two attached hydrogens (primary N) is 1. The van der Waals surface area contributed by atoms with Crippen molar-refractivity contribution in [3.63, 3.8) is 0 Å². The second-order valence-corrected chi connectivity index (χ2v) is 5.61. The summed E-state index contributed by atoms with van der Waals surface area (Å²) in [6.07, 6.45) is 1.82. The van der Waals surface area contributed by atoms with Crippen LogP contribution in [0.25, 0.3) is 0 Å². The zero-order valence-electron chi connectivity index (χ0n) is 9.61. The van der Waals surface area contributed by atoms with Crippen molar-refractivity contribution in [1.82, 2.24) is 0 Å². The number of rotatable bonds is 2. The van der Waals surface area contributed by atoms with Crippen LogP contribution >= 0.6 is 11.8 Å². The minimum atomic E-state index is -0.336. The molecular weight excluding hydrogens is 226 g/mol. The average Bonchev–Trinajstić information content (AvgIpc) is 2.57. The van der Waals surface area contributed by atoms with Crippen LogP contribution in [0.1, 0.15) is 19.8 Å². The lowest BCUT2D eigenvalue weighted by molar-refractivity contribution is -0.155. The number of carbonyl (C=O) groups excluding carboxylic acids is 1. The van der Waals surface area contributed by atoms with Gasteiger partial charge in [0.05, 0.1) is 18.8 Å². The average molecular weight is 245 g/mol. The molecule has 2 atom stereocenters. The van der Waals surface area contributed by atoms with E-state index in [4.69, 9.17) is 15.2 Å². The molecule has 0 radical (unpaired) electrons. The molecule has 16 heavy (non-hydrogen) atoms. The van der Waals surface area contributed by atoms with Gasteiger partial charge in [-0.3, -0.25) is 4.79 Å². The molecule has 92 valence electrons. The van der Waals surface area contributed by atoms with Crippen LogP contribution in [0.15, 0.2) is 0 Å². The van der Waals surface area contributed by atoms with Crippen LogP contribution in [0.4, 0.5) is 0 Å². The largest absolute Gasteiger partial charge is 0.466 e. The second-order valence-electron chi connectivity index (χ2n) is 4.38. The molecule has 0 aliphatic carbocycles. The maximum atomic E-state index is 11.9. The Morgan fingerprint density at radius 2 is 2.25 bits per heavy atom. The SMILES string of the molecule is CCOC(=O)C1C(N)COC12CCSCC2. The molecule has 2 fully saturated rings. The van der Waals surface area contributed by atoms with E-state index in [0.29, 0.717) is 13.2 Å². The summed E-state index contributed by atoms with van der Waals surface area (Å²) in [4.78, 5) is 11.9. The minimum Gasteiger partial charge on any atom is -0.466 e. The first-order valence-electron chi connectivity index (χ1n) is 5.83. The summed E-state index contributed by atoms with van der Waals surface area (Å²) in [5.41, 5.74) is 5.65. The lowest BCUT2D eigenvalue weighted by Crippen LogP contribution is -2.48. The highest BCUT2D eigenvalue weighted by Crippen LogP contribution is 2.42. The van der Waals surface area contributed by atoms with Crippen molar-refractivity contribution >= 4 is 17.7 Å². The predicted octanol–water partition coefficient (Wildman–Crippen LogP) is 0.789. The highest BCUT2D eigenvalue weighted by Gasteiger charge is 2.53. The third-order valence-electron chi connectivity index (χ3n) is 3.44. The predicted molar refractivity (Wildman–Crippen MR) is 63.3 cm³/mol. The van der Waals surface area contributed by atoms with Gasteiger partial charge in [-0.25, -0.2) is 0 Å². The molecule has 4 nitrogen and oxygen atoms in total. The highest BCUT2D eigenvalue weighted by molar-refractivity contribution is 7.99.